The molecule has 2 aromatic rings. The number of nitrogens with one attached hydrogen (secondary N) is 1. The van der Waals surface area contributed by atoms with Gasteiger partial charge in [0.05, 0.1) is 12.0 Å². The van der Waals surface area contributed by atoms with Gasteiger partial charge in [0.2, 0.25) is 11.1 Å². The van der Waals surface area contributed by atoms with E-state index >= 15 is 0 Å². The van der Waals surface area contributed by atoms with E-state index in [1.165, 1.54) is 16.8 Å². The number of rotatable bonds is 8. The van der Waals surface area contributed by atoms with Crippen molar-refractivity contribution in [2.24, 2.45) is 10.1 Å². The van der Waals surface area contributed by atoms with Gasteiger partial charge in [0.15, 0.2) is 5.84 Å². The molecule has 2 amide bonds. The van der Waals surface area contributed by atoms with E-state index in [1.807, 2.05) is 43.0 Å². The third kappa shape index (κ3) is 5.96. The van der Waals surface area contributed by atoms with Crippen molar-refractivity contribution in [1.29, 1.82) is 5.41 Å². The minimum absolute atomic E-state index is 0.0157. The summed E-state index contributed by atoms with van der Waals surface area (Å²) >= 11 is 1.17. The van der Waals surface area contributed by atoms with Crippen LogP contribution in [0.5, 0.6) is 11.5 Å². The van der Waals surface area contributed by atoms with Crippen LogP contribution in [0.15, 0.2) is 58.1 Å². The van der Waals surface area contributed by atoms with Crippen LogP contribution in [0.2, 0.25) is 0 Å². The number of thioether (sulfide) groups is 1. The zero-order chi connectivity index (χ0) is 26.6. The number of benzene rings is 2. The molecule has 3 heterocycles. The van der Waals surface area contributed by atoms with Crippen LogP contribution in [0.3, 0.4) is 0 Å². The quantitative estimate of drug-likeness (QED) is 0.400. The molecule has 3 aliphatic rings. The Labute approximate surface area is 225 Å². The van der Waals surface area contributed by atoms with Crippen LogP contribution in [-0.4, -0.2) is 64.1 Å². The summed E-state index contributed by atoms with van der Waals surface area (Å²) in [6, 6.07) is 13.3. The fourth-order valence-electron chi connectivity index (χ4n) is 4.47. The van der Waals surface area contributed by atoms with Crippen LogP contribution < -0.4 is 9.47 Å². The number of amides is 2. The van der Waals surface area contributed by atoms with Gasteiger partial charge in [-0.3, -0.25) is 15.0 Å². The highest BCUT2D eigenvalue weighted by molar-refractivity contribution is 8.27. The van der Waals surface area contributed by atoms with Crippen LogP contribution in [0.1, 0.15) is 36.0 Å². The third-order valence-corrected chi connectivity index (χ3v) is 7.17. The Morgan fingerprint density at radius 2 is 1.68 bits per heavy atom. The summed E-state index contributed by atoms with van der Waals surface area (Å²) in [5, 5.41) is 15.1. The number of hydrogen-bond donors (Lipinski definition) is 1. The molecule has 0 saturated carbocycles. The molecule has 5 rings (SSSR count). The topological polar surface area (TPSA) is 108 Å². The van der Waals surface area contributed by atoms with Crippen molar-refractivity contribution < 1.29 is 19.1 Å². The Balaban J connectivity index is 1.17. The number of nitrogens with zero attached hydrogens (tertiary/aromatic N) is 4. The van der Waals surface area contributed by atoms with Gasteiger partial charge in [0, 0.05) is 13.1 Å². The molecule has 0 aliphatic carbocycles. The number of aryl methyl sites for hydroxylation is 2. The summed E-state index contributed by atoms with van der Waals surface area (Å²) in [6.07, 6.45) is 3.81. The molecule has 3 aliphatic heterocycles. The summed E-state index contributed by atoms with van der Waals surface area (Å²) < 4.78 is 11.6. The fourth-order valence-corrected chi connectivity index (χ4v) is 5.35. The number of hydrogen-bond acceptors (Lipinski definition) is 7. The minimum Gasteiger partial charge on any atom is -0.490 e. The smallest absolute Gasteiger partial charge is 0.283 e. The van der Waals surface area contributed by atoms with Gasteiger partial charge < -0.3 is 14.4 Å². The van der Waals surface area contributed by atoms with E-state index in [0.29, 0.717) is 29.2 Å². The summed E-state index contributed by atoms with van der Waals surface area (Å²) in [7, 11) is 0. The molecule has 1 fully saturated rings. The van der Waals surface area contributed by atoms with E-state index in [4.69, 9.17) is 14.9 Å². The molecule has 1 N–H and O–H groups in total. The second kappa shape index (κ2) is 11.2. The van der Waals surface area contributed by atoms with Gasteiger partial charge in [0.1, 0.15) is 29.8 Å². The first-order chi connectivity index (χ1) is 18.4. The normalized spacial score (nSPS) is 18.0. The first kappa shape index (κ1) is 25.7. The molecule has 9 nitrogen and oxygen atoms in total. The third-order valence-electron chi connectivity index (χ3n) is 6.26. The fraction of sp³-hybridized carbons (Fsp3) is 0.321. The number of amidine groups is 2. The Morgan fingerprint density at radius 1 is 1.03 bits per heavy atom. The lowest BCUT2D eigenvalue weighted by molar-refractivity contribution is -0.128. The van der Waals surface area contributed by atoms with Crippen molar-refractivity contribution in [3.8, 4) is 11.5 Å². The van der Waals surface area contributed by atoms with E-state index in [0.717, 1.165) is 48.4 Å². The standard InChI is InChI=1S/C28H29N5O4S/c1-18-13-19(2)15-22(14-18)37-12-11-36-21-7-5-20(6-8-21)16-23-26(29)33-28(30-27(23)35)38-24(31-33)17-25(34)32-9-3-4-10-32/h5-8,13-16,29H,3-4,9-12,17H2,1-2H3/b23-16-,29-26?. The van der Waals surface area contributed by atoms with Gasteiger partial charge in [-0.25, -0.2) is 0 Å². The Morgan fingerprint density at radius 3 is 2.37 bits per heavy atom. The number of hydrazone groups is 1. The molecule has 0 bridgehead atoms. The van der Waals surface area contributed by atoms with E-state index in [1.54, 1.807) is 18.2 Å². The van der Waals surface area contributed by atoms with Gasteiger partial charge in [-0.15, -0.1) is 0 Å². The van der Waals surface area contributed by atoms with Crippen LogP contribution in [-0.2, 0) is 9.59 Å². The highest BCUT2D eigenvalue weighted by Crippen LogP contribution is 2.30. The molecule has 10 heteroatoms. The van der Waals surface area contributed by atoms with Crippen LogP contribution in [0, 0.1) is 19.3 Å². The maximum Gasteiger partial charge on any atom is 0.283 e. The van der Waals surface area contributed by atoms with Crippen LogP contribution in [0.25, 0.3) is 6.08 Å². The van der Waals surface area contributed by atoms with Crippen LogP contribution >= 0.6 is 11.8 Å². The second-order valence-electron chi connectivity index (χ2n) is 9.37. The van der Waals surface area contributed by atoms with Gasteiger partial charge in [0.25, 0.3) is 5.91 Å². The first-order valence-electron chi connectivity index (χ1n) is 12.6. The van der Waals surface area contributed by atoms with Gasteiger partial charge in [-0.1, -0.05) is 18.2 Å². The molecule has 0 atom stereocenters. The SMILES string of the molecule is Cc1cc(C)cc(OCCOc2ccc(/C=C3/C(=N)N4N=C(CC(=O)N5CCCC5)SC4=NC3=O)cc2)c1. The number of carbonyl (C=O) groups is 2. The van der Waals surface area contributed by atoms with Crippen molar-refractivity contribution in [2.75, 3.05) is 26.3 Å². The Kier molecular flexibility index (Phi) is 7.59. The molecular formula is C28H29N5O4S. The monoisotopic (exact) mass is 531 g/mol. The first-order valence-corrected chi connectivity index (χ1v) is 13.4. The molecular weight excluding hydrogens is 502 g/mol. The van der Waals surface area contributed by atoms with Crippen molar-refractivity contribution in [3.05, 3.63) is 64.7 Å². The molecule has 0 radical (unpaired) electrons. The Hall–Kier alpha value is -3.92. The van der Waals surface area contributed by atoms with E-state index in [2.05, 4.69) is 16.2 Å². The molecule has 2 aromatic carbocycles. The minimum atomic E-state index is -0.500. The van der Waals surface area contributed by atoms with Gasteiger partial charge in [-0.2, -0.15) is 15.1 Å². The van der Waals surface area contributed by atoms with Crippen molar-refractivity contribution in [2.45, 2.75) is 33.1 Å². The van der Waals surface area contributed by atoms with Gasteiger partial charge >= 0.3 is 0 Å². The summed E-state index contributed by atoms with van der Waals surface area (Å²) in [4.78, 5) is 31.1. The highest BCUT2D eigenvalue weighted by atomic mass is 32.2. The van der Waals surface area contributed by atoms with E-state index in [9.17, 15) is 9.59 Å². The maximum atomic E-state index is 12.7. The average molecular weight is 532 g/mol. The largest absolute Gasteiger partial charge is 0.490 e. The van der Waals surface area contributed by atoms with Crippen molar-refractivity contribution in [1.82, 2.24) is 9.91 Å². The predicted octanol–water partition coefficient (Wildman–Crippen LogP) is 4.39. The highest BCUT2D eigenvalue weighted by Gasteiger charge is 2.36. The summed E-state index contributed by atoms with van der Waals surface area (Å²) in [6.45, 7) is 6.42. The number of aliphatic imine (C=N–C) groups is 1. The number of likely N-dealkylation sites (tertiary alicyclic amines) is 1. The second-order valence-corrected chi connectivity index (χ2v) is 10.4. The Bertz CT molecular complexity index is 1340. The lowest BCUT2D eigenvalue weighted by Gasteiger charge is -2.20. The van der Waals surface area contributed by atoms with Crippen molar-refractivity contribution in [3.63, 3.8) is 0 Å². The van der Waals surface area contributed by atoms with Gasteiger partial charge in [-0.05, 0) is 85.5 Å². The summed E-state index contributed by atoms with van der Waals surface area (Å²) in [5.74, 6) is 0.959. The number of fused-ring (bicyclic) bond motifs is 1. The average Bonchev–Trinajstić information content (AvgIpc) is 3.55. The number of ether oxygens (including phenoxy) is 2. The maximum absolute atomic E-state index is 12.7. The molecule has 0 spiro atoms. The summed E-state index contributed by atoms with van der Waals surface area (Å²) in [5.41, 5.74) is 3.18. The van der Waals surface area contributed by atoms with E-state index in [-0.39, 0.29) is 23.7 Å². The van der Waals surface area contributed by atoms with Crippen LogP contribution in [0.4, 0.5) is 0 Å². The zero-order valence-electron chi connectivity index (χ0n) is 21.4. The lowest BCUT2D eigenvalue weighted by Crippen LogP contribution is -2.35. The molecule has 38 heavy (non-hydrogen) atoms. The van der Waals surface area contributed by atoms with Crippen molar-refractivity contribution >= 4 is 45.7 Å². The predicted molar refractivity (Wildman–Crippen MR) is 149 cm³/mol. The zero-order valence-corrected chi connectivity index (χ0v) is 22.2. The molecule has 1 saturated heterocycles. The lowest BCUT2D eigenvalue weighted by atomic mass is 10.1. The number of carbonyl (C=O) groups excluding carboxylic acids is 2. The van der Waals surface area contributed by atoms with E-state index < -0.39 is 5.91 Å². The molecule has 196 valence electrons. The molecule has 0 aromatic heterocycles. The molecule has 0 unspecified atom stereocenters.